The van der Waals surface area contributed by atoms with Crippen molar-refractivity contribution in [3.05, 3.63) is 52.3 Å². The van der Waals surface area contributed by atoms with Gasteiger partial charge in [0.05, 0.1) is 17.3 Å². The van der Waals surface area contributed by atoms with Gasteiger partial charge >= 0.3 is 0 Å². The number of thiocarbonyl (C=S) groups is 1. The van der Waals surface area contributed by atoms with E-state index in [-0.39, 0.29) is 18.3 Å². The Morgan fingerprint density at radius 1 is 1.23 bits per heavy atom. The molecule has 0 aliphatic carbocycles. The molecule has 0 bridgehead atoms. The van der Waals surface area contributed by atoms with E-state index in [2.05, 4.69) is 37.1 Å². The first-order valence-corrected chi connectivity index (χ1v) is 10.3. The van der Waals surface area contributed by atoms with Gasteiger partial charge in [-0.1, -0.05) is 0 Å². The molecule has 160 valence electrons. The number of benzene rings is 2. The van der Waals surface area contributed by atoms with Crippen molar-refractivity contribution in [1.29, 1.82) is 0 Å². The van der Waals surface area contributed by atoms with Crippen molar-refractivity contribution in [2.24, 2.45) is 5.10 Å². The van der Waals surface area contributed by atoms with E-state index in [1.165, 1.54) is 24.3 Å². The van der Waals surface area contributed by atoms with Crippen LogP contribution in [0.4, 0.5) is 10.1 Å². The fourth-order valence-corrected chi connectivity index (χ4v) is 3.07. The summed E-state index contributed by atoms with van der Waals surface area (Å²) in [5.41, 5.74) is 3.92. The zero-order valence-corrected chi connectivity index (χ0v) is 18.9. The van der Waals surface area contributed by atoms with Gasteiger partial charge in [0.25, 0.3) is 5.91 Å². The van der Waals surface area contributed by atoms with Crippen LogP contribution in [0, 0.1) is 5.82 Å². The number of hydrogen-bond acceptors (Lipinski definition) is 5. The lowest BCUT2D eigenvalue weighted by molar-refractivity contribution is -0.118. The molecule has 2 rings (SSSR count). The maximum absolute atomic E-state index is 13.0. The van der Waals surface area contributed by atoms with Crippen molar-refractivity contribution in [1.82, 2.24) is 10.7 Å². The van der Waals surface area contributed by atoms with Gasteiger partial charge in [-0.05, 0) is 84.0 Å². The summed E-state index contributed by atoms with van der Waals surface area (Å²) in [5, 5.41) is 10.1. The molecule has 0 aliphatic heterocycles. The first-order chi connectivity index (χ1) is 14.4. The minimum atomic E-state index is -0.386. The highest BCUT2D eigenvalue weighted by Crippen LogP contribution is 2.36. The Labute approximate surface area is 188 Å². The summed E-state index contributed by atoms with van der Waals surface area (Å²) in [6, 6.07) is 8.98. The van der Waals surface area contributed by atoms with Crippen molar-refractivity contribution < 1.29 is 18.7 Å². The Morgan fingerprint density at radius 3 is 2.63 bits per heavy atom. The predicted molar refractivity (Wildman–Crippen MR) is 123 cm³/mol. The van der Waals surface area contributed by atoms with Crippen molar-refractivity contribution in [2.45, 2.75) is 13.8 Å². The molecule has 0 aromatic heterocycles. The second-order valence-electron chi connectivity index (χ2n) is 5.84. The molecule has 2 aromatic carbocycles. The van der Waals surface area contributed by atoms with Gasteiger partial charge in [-0.3, -0.25) is 10.2 Å². The van der Waals surface area contributed by atoms with Crippen LogP contribution < -0.4 is 25.5 Å². The van der Waals surface area contributed by atoms with Gasteiger partial charge in [-0.15, -0.1) is 0 Å². The second kappa shape index (κ2) is 12.1. The zero-order chi connectivity index (χ0) is 21.9. The summed E-state index contributed by atoms with van der Waals surface area (Å²) in [6.45, 7) is 4.63. The Hall–Kier alpha value is -2.72. The molecule has 0 spiro atoms. The fraction of sp³-hybridized carbons (Fsp3) is 0.250. The van der Waals surface area contributed by atoms with Crippen LogP contribution in [0.3, 0.4) is 0 Å². The van der Waals surface area contributed by atoms with Crippen molar-refractivity contribution >= 4 is 51.1 Å². The molecule has 0 fully saturated rings. The Morgan fingerprint density at radius 2 is 1.97 bits per heavy atom. The van der Waals surface area contributed by atoms with Gasteiger partial charge in [0.15, 0.2) is 23.2 Å². The first kappa shape index (κ1) is 23.6. The van der Waals surface area contributed by atoms with E-state index in [1.807, 2.05) is 13.8 Å². The van der Waals surface area contributed by atoms with Gasteiger partial charge in [-0.25, -0.2) is 4.39 Å². The third-order valence-electron chi connectivity index (χ3n) is 3.52. The highest BCUT2D eigenvalue weighted by atomic mass is 79.9. The van der Waals surface area contributed by atoms with Crippen LogP contribution in [0.5, 0.6) is 11.5 Å². The standard InChI is InChI=1S/C20H22BrFN4O3S/c1-3-23-20(30)26-24-11-13-9-16(21)19(17(10-13)28-4-2)29-12-18(27)25-15-7-5-14(22)6-8-15/h5-11H,3-4,12H2,1-2H3,(H,25,27)(H2,23,26,30)/b24-11-. The topological polar surface area (TPSA) is 84.0 Å². The normalized spacial score (nSPS) is 10.5. The lowest BCUT2D eigenvalue weighted by atomic mass is 10.2. The van der Waals surface area contributed by atoms with Crippen molar-refractivity contribution in [3.8, 4) is 11.5 Å². The zero-order valence-electron chi connectivity index (χ0n) is 16.5. The summed E-state index contributed by atoms with van der Waals surface area (Å²) >= 11 is 8.49. The number of anilines is 1. The highest BCUT2D eigenvalue weighted by Gasteiger charge is 2.14. The molecule has 0 unspecified atom stereocenters. The molecule has 0 saturated heterocycles. The number of nitrogens with zero attached hydrogens (tertiary/aromatic N) is 1. The molecule has 2 aromatic rings. The van der Waals surface area contributed by atoms with E-state index in [0.717, 1.165) is 5.56 Å². The van der Waals surface area contributed by atoms with Crippen LogP contribution in [0.1, 0.15) is 19.4 Å². The summed E-state index contributed by atoms with van der Waals surface area (Å²) < 4.78 is 24.9. The van der Waals surface area contributed by atoms with Gasteiger partial charge in [0, 0.05) is 12.2 Å². The molecule has 1 amide bonds. The van der Waals surface area contributed by atoms with E-state index in [9.17, 15) is 9.18 Å². The number of carbonyl (C=O) groups is 1. The van der Waals surface area contributed by atoms with Gasteiger partial charge in [0.1, 0.15) is 5.82 Å². The average molecular weight is 497 g/mol. The van der Waals surface area contributed by atoms with Crippen LogP contribution in [-0.2, 0) is 4.79 Å². The fourth-order valence-electron chi connectivity index (χ4n) is 2.30. The summed E-state index contributed by atoms with van der Waals surface area (Å²) in [4.78, 5) is 12.1. The number of hydrazone groups is 1. The quantitative estimate of drug-likeness (QED) is 0.278. The number of rotatable bonds is 9. The van der Waals surface area contributed by atoms with Crippen LogP contribution in [0.15, 0.2) is 46.0 Å². The lowest BCUT2D eigenvalue weighted by Crippen LogP contribution is -2.31. The van der Waals surface area contributed by atoms with E-state index < -0.39 is 0 Å². The Bertz CT molecular complexity index is 910. The number of ether oxygens (including phenoxy) is 2. The number of amides is 1. The maximum atomic E-state index is 13.0. The molecule has 30 heavy (non-hydrogen) atoms. The van der Waals surface area contributed by atoms with Crippen molar-refractivity contribution in [2.75, 3.05) is 25.1 Å². The van der Waals surface area contributed by atoms with E-state index in [1.54, 1.807) is 18.3 Å². The van der Waals surface area contributed by atoms with Gasteiger partial charge < -0.3 is 20.1 Å². The van der Waals surface area contributed by atoms with E-state index in [4.69, 9.17) is 21.7 Å². The molecule has 0 atom stereocenters. The van der Waals surface area contributed by atoms with Crippen LogP contribution >= 0.6 is 28.1 Å². The number of nitrogens with one attached hydrogen (secondary N) is 3. The molecular weight excluding hydrogens is 475 g/mol. The average Bonchev–Trinajstić information content (AvgIpc) is 2.69. The SMILES string of the molecule is CCNC(=S)N/N=C\c1cc(Br)c(OCC(=O)Nc2ccc(F)cc2)c(OCC)c1. The minimum absolute atomic E-state index is 0.248. The molecule has 10 heteroatoms. The van der Waals surface area contributed by atoms with Gasteiger partial charge in [0.2, 0.25) is 0 Å². The minimum Gasteiger partial charge on any atom is -0.490 e. The monoisotopic (exact) mass is 496 g/mol. The Kier molecular flexibility index (Phi) is 9.49. The third kappa shape index (κ3) is 7.60. The molecule has 0 heterocycles. The number of halogens is 2. The number of carbonyl (C=O) groups excluding carboxylic acids is 1. The second-order valence-corrected chi connectivity index (χ2v) is 7.10. The first-order valence-electron chi connectivity index (χ1n) is 9.14. The lowest BCUT2D eigenvalue weighted by Gasteiger charge is -2.14. The number of hydrogen-bond donors (Lipinski definition) is 3. The summed E-state index contributed by atoms with van der Waals surface area (Å²) in [6.07, 6.45) is 1.59. The van der Waals surface area contributed by atoms with E-state index >= 15 is 0 Å². The molecule has 0 aliphatic rings. The smallest absolute Gasteiger partial charge is 0.262 e. The van der Waals surface area contributed by atoms with Crippen LogP contribution in [0.2, 0.25) is 0 Å². The van der Waals surface area contributed by atoms with Gasteiger partial charge in [-0.2, -0.15) is 5.10 Å². The molecule has 0 radical (unpaired) electrons. The molecule has 7 nitrogen and oxygen atoms in total. The predicted octanol–water partition coefficient (Wildman–Crippen LogP) is 3.82. The largest absolute Gasteiger partial charge is 0.490 e. The van der Waals surface area contributed by atoms with E-state index in [0.29, 0.717) is 39.9 Å². The van der Waals surface area contributed by atoms with Crippen LogP contribution in [-0.4, -0.2) is 37.0 Å². The highest BCUT2D eigenvalue weighted by molar-refractivity contribution is 9.10. The van der Waals surface area contributed by atoms with Crippen molar-refractivity contribution in [3.63, 3.8) is 0 Å². The van der Waals surface area contributed by atoms with Crippen LogP contribution in [0.25, 0.3) is 0 Å². The molecular formula is C20H22BrFN4O3S. The third-order valence-corrected chi connectivity index (χ3v) is 4.35. The summed E-state index contributed by atoms with van der Waals surface area (Å²) in [7, 11) is 0. The molecule has 0 saturated carbocycles. The Balaban J connectivity index is 2.05. The summed E-state index contributed by atoms with van der Waals surface area (Å²) in [5.74, 6) is 0.0797. The molecule has 3 N–H and O–H groups in total. The maximum Gasteiger partial charge on any atom is 0.262 e.